The molecule has 0 saturated carbocycles. The molecule has 0 bridgehead atoms. The number of piperazine rings is 1. The topological polar surface area (TPSA) is 58.7 Å². The smallest absolute Gasteiger partial charge is 0.257 e. The Labute approximate surface area is 170 Å². The van der Waals surface area contributed by atoms with Crippen molar-refractivity contribution in [3.8, 4) is 0 Å². The van der Waals surface area contributed by atoms with Gasteiger partial charge in [0.25, 0.3) is 5.91 Å². The van der Waals surface area contributed by atoms with Crippen LogP contribution in [0.15, 0.2) is 40.9 Å². The Kier molecular flexibility index (Phi) is 4.94. The van der Waals surface area contributed by atoms with E-state index < -0.39 is 0 Å². The maximum absolute atomic E-state index is 13.2. The molecular formula is C23H27N3O3. The second kappa shape index (κ2) is 7.43. The summed E-state index contributed by atoms with van der Waals surface area (Å²) in [4.78, 5) is 29.6. The molecular weight excluding hydrogens is 366 g/mol. The first-order valence-electron chi connectivity index (χ1n) is 10.1. The monoisotopic (exact) mass is 393 g/mol. The number of benzene rings is 1. The number of hydrogen-bond acceptors (Lipinski definition) is 3. The Morgan fingerprint density at radius 3 is 2.34 bits per heavy atom. The zero-order valence-corrected chi connectivity index (χ0v) is 17.4. The van der Waals surface area contributed by atoms with E-state index in [0.29, 0.717) is 37.5 Å². The van der Waals surface area contributed by atoms with Crippen LogP contribution in [0, 0.1) is 13.8 Å². The van der Waals surface area contributed by atoms with E-state index >= 15 is 0 Å². The number of para-hydroxylation sites is 1. The van der Waals surface area contributed by atoms with Crippen LogP contribution in [0.1, 0.15) is 40.3 Å². The summed E-state index contributed by atoms with van der Waals surface area (Å²) in [5.41, 5.74) is 2.80. The van der Waals surface area contributed by atoms with Crippen LogP contribution in [0.5, 0.6) is 0 Å². The van der Waals surface area contributed by atoms with Crippen molar-refractivity contribution >= 4 is 22.7 Å². The summed E-state index contributed by atoms with van der Waals surface area (Å²) in [6.07, 6.45) is 2.05. The summed E-state index contributed by atoms with van der Waals surface area (Å²) >= 11 is 0. The maximum atomic E-state index is 13.2. The number of aromatic nitrogens is 1. The Balaban J connectivity index is 1.45. The maximum Gasteiger partial charge on any atom is 0.257 e. The Morgan fingerprint density at radius 1 is 1.03 bits per heavy atom. The summed E-state index contributed by atoms with van der Waals surface area (Å²) in [7, 11) is 2.01. The van der Waals surface area contributed by atoms with Crippen molar-refractivity contribution in [1.82, 2.24) is 14.4 Å². The molecule has 6 nitrogen and oxygen atoms in total. The third kappa shape index (κ3) is 3.43. The van der Waals surface area contributed by atoms with Crippen LogP contribution in [0.4, 0.5) is 0 Å². The van der Waals surface area contributed by atoms with Crippen LogP contribution in [0.2, 0.25) is 0 Å². The van der Waals surface area contributed by atoms with E-state index in [2.05, 4.69) is 22.9 Å². The number of carbonyl (C=O) groups excluding carboxylic acids is 2. The highest BCUT2D eigenvalue weighted by Gasteiger charge is 2.30. The number of amides is 2. The molecule has 29 heavy (non-hydrogen) atoms. The summed E-state index contributed by atoms with van der Waals surface area (Å²) in [6, 6.07) is 9.95. The number of hydrogen-bond donors (Lipinski definition) is 0. The quantitative estimate of drug-likeness (QED) is 0.685. The SMILES string of the molecule is Cc1cc(C(=O)N2CCN(C(=O)C(C)c3cn(C)c4ccccc34)CC2)c(C)o1. The lowest BCUT2D eigenvalue weighted by molar-refractivity contribution is -0.133. The molecule has 1 aliphatic heterocycles. The number of nitrogens with zero attached hydrogens (tertiary/aromatic N) is 3. The second-order valence-corrected chi connectivity index (χ2v) is 7.88. The lowest BCUT2D eigenvalue weighted by atomic mass is 9.98. The van der Waals surface area contributed by atoms with Crippen molar-refractivity contribution in [2.75, 3.05) is 26.2 Å². The van der Waals surface area contributed by atoms with Gasteiger partial charge in [0.2, 0.25) is 5.91 Å². The first-order valence-corrected chi connectivity index (χ1v) is 10.1. The third-order valence-corrected chi connectivity index (χ3v) is 5.91. The first-order chi connectivity index (χ1) is 13.9. The molecule has 2 aromatic heterocycles. The fourth-order valence-electron chi connectivity index (χ4n) is 4.27. The zero-order chi connectivity index (χ0) is 20.7. The molecule has 1 unspecified atom stereocenters. The molecule has 2 amide bonds. The fourth-order valence-corrected chi connectivity index (χ4v) is 4.27. The van der Waals surface area contributed by atoms with Gasteiger partial charge in [0.15, 0.2) is 0 Å². The number of fused-ring (bicyclic) bond motifs is 1. The van der Waals surface area contributed by atoms with Crippen LogP contribution in [-0.2, 0) is 11.8 Å². The van der Waals surface area contributed by atoms with Crippen molar-refractivity contribution in [3.63, 3.8) is 0 Å². The summed E-state index contributed by atoms with van der Waals surface area (Å²) in [6.45, 7) is 7.80. The van der Waals surface area contributed by atoms with Crippen molar-refractivity contribution < 1.29 is 14.0 Å². The molecule has 6 heteroatoms. The Hall–Kier alpha value is -3.02. The Bertz CT molecular complexity index is 1070. The van der Waals surface area contributed by atoms with Gasteiger partial charge in [-0.2, -0.15) is 0 Å². The fraction of sp³-hybridized carbons (Fsp3) is 0.391. The van der Waals surface area contributed by atoms with Gasteiger partial charge >= 0.3 is 0 Å². The number of furan rings is 1. The van der Waals surface area contributed by atoms with Crippen molar-refractivity contribution in [2.24, 2.45) is 7.05 Å². The molecule has 0 N–H and O–H groups in total. The van der Waals surface area contributed by atoms with Gasteiger partial charge in [-0.15, -0.1) is 0 Å². The molecule has 152 valence electrons. The predicted octanol–water partition coefficient (Wildman–Crippen LogP) is 3.48. The molecule has 0 aliphatic carbocycles. The molecule has 0 spiro atoms. The van der Waals surface area contributed by atoms with Gasteiger partial charge in [-0.05, 0) is 38.5 Å². The van der Waals surface area contributed by atoms with E-state index in [1.807, 2.05) is 49.8 Å². The summed E-state index contributed by atoms with van der Waals surface area (Å²) < 4.78 is 7.56. The van der Waals surface area contributed by atoms with Gasteiger partial charge in [-0.1, -0.05) is 18.2 Å². The highest BCUT2D eigenvalue weighted by molar-refractivity contribution is 5.96. The molecule has 3 aromatic rings. The number of aryl methyl sites for hydroxylation is 3. The van der Waals surface area contributed by atoms with Crippen molar-refractivity contribution in [2.45, 2.75) is 26.7 Å². The first kappa shape index (κ1) is 19.3. The minimum absolute atomic E-state index is 0.0199. The lowest BCUT2D eigenvalue weighted by Crippen LogP contribution is -2.51. The van der Waals surface area contributed by atoms with Gasteiger partial charge in [0.05, 0.1) is 11.5 Å². The van der Waals surface area contributed by atoms with E-state index in [4.69, 9.17) is 4.42 Å². The van der Waals surface area contributed by atoms with E-state index in [-0.39, 0.29) is 17.7 Å². The van der Waals surface area contributed by atoms with Gasteiger partial charge in [0.1, 0.15) is 11.5 Å². The minimum Gasteiger partial charge on any atom is -0.466 e. The highest BCUT2D eigenvalue weighted by Crippen LogP contribution is 2.29. The predicted molar refractivity (Wildman–Crippen MR) is 112 cm³/mol. The molecule has 0 radical (unpaired) electrons. The zero-order valence-electron chi connectivity index (χ0n) is 17.4. The van der Waals surface area contributed by atoms with E-state index in [9.17, 15) is 9.59 Å². The largest absolute Gasteiger partial charge is 0.466 e. The van der Waals surface area contributed by atoms with Gasteiger partial charge in [-0.25, -0.2) is 0 Å². The molecule has 1 atom stereocenters. The minimum atomic E-state index is -0.220. The van der Waals surface area contributed by atoms with E-state index in [0.717, 1.165) is 22.2 Å². The summed E-state index contributed by atoms with van der Waals surface area (Å²) in [5.74, 6) is 1.26. The molecule has 1 aromatic carbocycles. The van der Waals surface area contributed by atoms with E-state index in [1.165, 1.54) is 0 Å². The van der Waals surface area contributed by atoms with Gasteiger partial charge in [-0.3, -0.25) is 9.59 Å². The number of carbonyl (C=O) groups is 2. The van der Waals surface area contributed by atoms with Crippen molar-refractivity contribution in [3.05, 3.63) is 59.2 Å². The van der Waals surface area contributed by atoms with Crippen LogP contribution in [0.25, 0.3) is 10.9 Å². The molecule has 1 saturated heterocycles. The molecule has 4 rings (SSSR count). The normalized spacial score (nSPS) is 15.7. The van der Waals surface area contributed by atoms with Crippen LogP contribution < -0.4 is 0 Å². The van der Waals surface area contributed by atoms with Crippen LogP contribution in [-0.4, -0.2) is 52.4 Å². The van der Waals surface area contributed by atoms with Gasteiger partial charge < -0.3 is 18.8 Å². The van der Waals surface area contributed by atoms with Gasteiger partial charge in [0, 0.05) is 50.3 Å². The van der Waals surface area contributed by atoms with Crippen molar-refractivity contribution in [1.29, 1.82) is 0 Å². The number of rotatable bonds is 3. The average Bonchev–Trinajstić information content (AvgIpc) is 3.25. The standard InChI is InChI=1S/C23H27N3O3/c1-15-13-19(17(3)29-15)23(28)26-11-9-25(10-12-26)22(27)16(2)20-14-24(4)21-8-6-5-7-18(20)21/h5-8,13-14,16H,9-12H2,1-4H3. The van der Waals surface area contributed by atoms with Crippen LogP contribution >= 0.6 is 0 Å². The second-order valence-electron chi connectivity index (χ2n) is 7.88. The average molecular weight is 393 g/mol. The lowest BCUT2D eigenvalue weighted by Gasteiger charge is -2.36. The molecule has 1 aliphatic rings. The molecule has 3 heterocycles. The summed E-state index contributed by atoms with van der Waals surface area (Å²) in [5, 5.41) is 1.12. The van der Waals surface area contributed by atoms with E-state index in [1.54, 1.807) is 6.07 Å². The Morgan fingerprint density at radius 2 is 1.69 bits per heavy atom. The highest BCUT2D eigenvalue weighted by atomic mass is 16.3. The molecule has 1 fully saturated rings. The third-order valence-electron chi connectivity index (χ3n) is 5.91. The van der Waals surface area contributed by atoms with Crippen LogP contribution in [0.3, 0.4) is 0 Å².